The Kier molecular flexibility index (Phi) is 5.96. The maximum absolute atomic E-state index is 12.9. The van der Waals surface area contributed by atoms with Gasteiger partial charge in [-0.15, -0.1) is 0 Å². The first-order chi connectivity index (χ1) is 17.8. The number of imide groups is 1. The molecule has 0 unspecified atom stereocenters. The monoisotopic (exact) mass is 499 g/mol. The normalized spacial score (nSPS) is 12.7. The first-order valence-corrected chi connectivity index (χ1v) is 11.4. The number of esters is 1. The van der Waals surface area contributed by atoms with Gasteiger partial charge in [0.2, 0.25) is 11.2 Å². The fraction of sp³-hybridized carbons (Fsp3) is 0.143. The van der Waals surface area contributed by atoms with Gasteiger partial charge in [0.05, 0.1) is 29.2 Å². The molecule has 1 aromatic heterocycles. The summed E-state index contributed by atoms with van der Waals surface area (Å²) in [6.45, 7) is 3.48. The number of fused-ring (bicyclic) bond motifs is 2. The van der Waals surface area contributed by atoms with Gasteiger partial charge in [-0.25, -0.2) is 4.79 Å². The third-order valence-electron chi connectivity index (χ3n) is 5.88. The van der Waals surface area contributed by atoms with Gasteiger partial charge < -0.3 is 18.6 Å². The van der Waals surface area contributed by atoms with Crippen LogP contribution in [-0.2, 0) is 0 Å². The van der Waals surface area contributed by atoms with E-state index in [0.29, 0.717) is 11.5 Å². The molecular formula is C28H21NO8. The van der Waals surface area contributed by atoms with Crippen molar-refractivity contribution in [1.82, 2.24) is 4.90 Å². The molecule has 0 saturated heterocycles. The van der Waals surface area contributed by atoms with Crippen LogP contribution in [0, 0.1) is 0 Å². The Morgan fingerprint density at radius 3 is 2.22 bits per heavy atom. The van der Waals surface area contributed by atoms with Crippen molar-refractivity contribution >= 4 is 28.8 Å². The quantitative estimate of drug-likeness (QED) is 0.211. The number of rotatable bonds is 6. The third-order valence-corrected chi connectivity index (χ3v) is 5.88. The van der Waals surface area contributed by atoms with Crippen LogP contribution in [0.2, 0.25) is 0 Å². The standard InChI is InChI=1S/C28H21NO8/c1-15(2)29-26(31)20-10-4-16(12-22(20)27(29)32)28(33)37-19-9-11-21-23(13-19)35-14-24(25(21)30)36-18-7-5-17(34-3)6-8-18/h4-15H,1-3H3. The average molecular weight is 499 g/mol. The summed E-state index contributed by atoms with van der Waals surface area (Å²) in [5.74, 6) is -0.361. The van der Waals surface area contributed by atoms with Gasteiger partial charge in [-0.3, -0.25) is 19.3 Å². The van der Waals surface area contributed by atoms with Crippen molar-refractivity contribution in [2.24, 2.45) is 0 Å². The molecule has 2 amide bonds. The molecule has 0 atom stereocenters. The van der Waals surface area contributed by atoms with Crippen molar-refractivity contribution in [1.29, 1.82) is 0 Å². The molecule has 3 aromatic carbocycles. The van der Waals surface area contributed by atoms with E-state index in [2.05, 4.69) is 0 Å². The van der Waals surface area contributed by atoms with E-state index >= 15 is 0 Å². The van der Waals surface area contributed by atoms with E-state index in [1.54, 1.807) is 45.2 Å². The predicted octanol–water partition coefficient (Wildman–Crippen LogP) is 4.82. The summed E-state index contributed by atoms with van der Waals surface area (Å²) in [5, 5.41) is 0.237. The molecule has 186 valence electrons. The summed E-state index contributed by atoms with van der Waals surface area (Å²) in [7, 11) is 1.55. The Morgan fingerprint density at radius 2 is 1.51 bits per heavy atom. The molecule has 37 heavy (non-hydrogen) atoms. The minimum Gasteiger partial charge on any atom is -0.497 e. The van der Waals surface area contributed by atoms with Crippen LogP contribution in [0.4, 0.5) is 0 Å². The van der Waals surface area contributed by atoms with Gasteiger partial charge in [0.15, 0.2) is 0 Å². The van der Waals surface area contributed by atoms with E-state index in [9.17, 15) is 19.2 Å². The molecule has 1 aliphatic rings. The molecule has 5 rings (SSSR count). The largest absolute Gasteiger partial charge is 0.497 e. The van der Waals surface area contributed by atoms with Crippen LogP contribution in [0.3, 0.4) is 0 Å². The summed E-state index contributed by atoms with van der Waals surface area (Å²) in [6, 6.07) is 15.0. The van der Waals surface area contributed by atoms with Crippen molar-refractivity contribution in [2.75, 3.05) is 7.11 Å². The van der Waals surface area contributed by atoms with Gasteiger partial charge in [0.1, 0.15) is 29.1 Å². The van der Waals surface area contributed by atoms with Crippen LogP contribution >= 0.6 is 0 Å². The van der Waals surface area contributed by atoms with Crippen LogP contribution in [0.1, 0.15) is 44.9 Å². The van der Waals surface area contributed by atoms with E-state index in [4.69, 9.17) is 18.6 Å². The summed E-state index contributed by atoms with van der Waals surface area (Å²) in [6.07, 6.45) is 1.18. The van der Waals surface area contributed by atoms with E-state index in [1.165, 1.54) is 42.7 Å². The summed E-state index contributed by atoms with van der Waals surface area (Å²) >= 11 is 0. The number of hydrogen-bond donors (Lipinski definition) is 0. The molecule has 0 radical (unpaired) electrons. The minimum atomic E-state index is -0.729. The number of hydrogen-bond acceptors (Lipinski definition) is 8. The molecule has 0 spiro atoms. The summed E-state index contributed by atoms with van der Waals surface area (Å²) in [4.78, 5) is 51.9. The smallest absolute Gasteiger partial charge is 0.343 e. The van der Waals surface area contributed by atoms with Crippen molar-refractivity contribution in [3.8, 4) is 23.0 Å². The molecular weight excluding hydrogens is 478 g/mol. The molecule has 9 heteroatoms. The number of amides is 2. The lowest BCUT2D eigenvalue weighted by Crippen LogP contribution is -2.35. The fourth-order valence-corrected chi connectivity index (χ4v) is 4.02. The SMILES string of the molecule is COc1ccc(Oc2coc3cc(OC(=O)c4ccc5c(c4)C(=O)N(C(C)C)C5=O)ccc3c2=O)cc1. The second kappa shape index (κ2) is 9.27. The highest BCUT2D eigenvalue weighted by molar-refractivity contribution is 6.22. The molecule has 0 aliphatic carbocycles. The molecule has 2 heterocycles. The third kappa shape index (κ3) is 4.31. The maximum Gasteiger partial charge on any atom is 0.343 e. The molecule has 4 aromatic rings. The van der Waals surface area contributed by atoms with Crippen LogP contribution in [0.25, 0.3) is 11.0 Å². The number of ether oxygens (including phenoxy) is 3. The molecule has 0 N–H and O–H groups in total. The predicted molar refractivity (Wildman–Crippen MR) is 133 cm³/mol. The van der Waals surface area contributed by atoms with Crippen LogP contribution < -0.4 is 19.6 Å². The summed E-state index contributed by atoms with van der Waals surface area (Å²) < 4.78 is 21.7. The van der Waals surface area contributed by atoms with E-state index < -0.39 is 23.2 Å². The maximum atomic E-state index is 12.9. The highest BCUT2D eigenvalue weighted by Gasteiger charge is 2.37. The topological polar surface area (TPSA) is 112 Å². The van der Waals surface area contributed by atoms with Crippen molar-refractivity contribution < 1.29 is 33.0 Å². The Morgan fingerprint density at radius 1 is 0.838 bits per heavy atom. The second-order valence-corrected chi connectivity index (χ2v) is 8.59. The molecule has 9 nitrogen and oxygen atoms in total. The number of nitrogens with zero attached hydrogens (tertiary/aromatic N) is 1. The number of benzene rings is 3. The van der Waals surface area contributed by atoms with E-state index in [-0.39, 0.29) is 45.2 Å². The second-order valence-electron chi connectivity index (χ2n) is 8.59. The Bertz CT molecular complexity index is 1620. The van der Waals surface area contributed by atoms with E-state index in [1.807, 2.05) is 0 Å². The first kappa shape index (κ1) is 23.8. The van der Waals surface area contributed by atoms with Gasteiger partial charge in [0, 0.05) is 12.1 Å². The van der Waals surface area contributed by atoms with Crippen molar-refractivity contribution in [3.63, 3.8) is 0 Å². The average Bonchev–Trinajstić information content (AvgIpc) is 3.15. The Hall–Kier alpha value is -4.92. The highest BCUT2D eigenvalue weighted by atomic mass is 16.5. The van der Waals surface area contributed by atoms with Gasteiger partial charge in [-0.1, -0.05) is 0 Å². The van der Waals surface area contributed by atoms with Gasteiger partial charge in [-0.2, -0.15) is 0 Å². The van der Waals surface area contributed by atoms with Gasteiger partial charge in [0.25, 0.3) is 11.8 Å². The first-order valence-electron chi connectivity index (χ1n) is 11.4. The number of carbonyl (C=O) groups excluding carboxylic acids is 3. The van der Waals surface area contributed by atoms with Gasteiger partial charge >= 0.3 is 5.97 Å². The number of methoxy groups -OCH3 is 1. The lowest BCUT2D eigenvalue weighted by Gasteiger charge is -2.17. The zero-order valence-electron chi connectivity index (χ0n) is 20.1. The zero-order chi connectivity index (χ0) is 26.3. The Labute approximate surface area is 210 Å². The lowest BCUT2D eigenvalue weighted by atomic mass is 10.1. The van der Waals surface area contributed by atoms with E-state index in [0.717, 1.165) is 4.90 Å². The molecule has 0 saturated carbocycles. The minimum absolute atomic E-state index is 0.00444. The highest BCUT2D eigenvalue weighted by Crippen LogP contribution is 2.28. The van der Waals surface area contributed by atoms with Crippen LogP contribution in [0.15, 0.2) is 76.1 Å². The van der Waals surface area contributed by atoms with Crippen LogP contribution in [0.5, 0.6) is 23.0 Å². The lowest BCUT2D eigenvalue weighted by molar-refractivity contribution is 0.0608. The molecule has 1 aliphatic heterocycles. The van der Waals surface area contributed by atoms with Crippen molar-refractivity contribution in [3.05, 3.63) is 93.8 Å². The number of carbonyl (C=O) groups is 3. The fourth-order valence-electron chi connectivity index (χ4n) is 4.02. The zero-order valence-corrected chi connectivity index (χ0v) is 20.1. The van der Waals surface area contributed by atoms with Gasteiger partial charge in [-0.05, 0) is 68.4 Å². The Balaban J connectivity index is 1.36. The van der Waals surface area contributed by atoms with Crippen molar-refractivity contribution in [2.45, 2.75) is 19.9 Å². The molecule has 0 fully saturated rings. The summed E-state index contributed by atoms with van der Waals surface area (Å²) in [5.41, 5.74) is 0.305. The van der Waals surface area contributed by atoms with Crippen LogP contribution in [-0.4, -0.2) is 35.8 Å². The molecule has 0 bridgehead atoms.